The molecule has 4 aromatic rings. The molecule has 206 valence electrons. The summed E-state index contributed by atoms with van der Waals surface area (Å²) in [7, 11) is 1.68. The van der Waals surface area contributed by atoms with Gasteiger partial charge in [0, 0.05) is 25.1 Å². The molecule has 4 rings (SSSR count). The van der Waals surface area contributed by atoms with E-state index in [0.29, 0.717) is 28.7 Å². The zero-order valence-electron chi connectivity index (χ0n) is 20.9. The number of aromatic hydroxyl groups is 1. The number of hydrogen-bond acceptors (Lipinski definition) is 8. The summed E-state index contributed by atoms with van der Waals surface area (Å²) in [5.74, 6) is -1.32. The number of aromatic nitrogens is 1. The van der Waals surface area contributed by atoms with E-state index in [9.17, 15) is 20.1 Å². The van der Waals surface area contributed by atoms with Crippen molar-refractivity contribution in [1.29, 1.82) is 0 Å². The molecule has 0 aliphatic carbocycles. The monoisotopic (exact) mass is 581 g/mol. The summed E-state index contributed by atoms with van der Waals surface area (Å²) in [4.78, 5) is 14.0. The summed E-state index contributed by atoms with van der Waals surface area (Å²) < 4.78 is 5.91. The molecule has 38 heavy (non-hydrogen) atoms. The Morgan fingerprint density at radius 1 is 0.947 bits per heavy atom. The second-order valence-electron chi connectivity index (χ2n) is 8.69. The molecule has 11 heteroatoms. The Balaban J connectivity index is 0.00000253. The van der Waals surface area contributed by atoms with Crippen molar-refractivity contribution in [3.63, 3.8) is 0 Å². The highest BCUT2D eigenvalue weighted by Gasteiger charge is 2.25. The lowest BCUT2D eigenvalue weighted by atomic mass is 10.1. The van der Waals surface area contributed by atoms with Gasteiger partial charge in [0.15, 0.2) is 0 Å². The molecule has 0 saturated heterocycles. The van der Waals surface area contributed by atoms with Gasteiger partial charge < -0.3 is 30.4 Å². The highest BCUT2D eigenvalue weighted by Crippen LogP contribution is 2.29. The van der Waals surface area contributed by atoms with Gasteiger partial charge in [-0.1, -0.05) is 59.9 Å². The highest BCUT2D eigenvalue weighted by molar-refractivity contribution is 7.16. The van der Waals surface area contributed by atoms with Gasteiger partial charge in [-0.25, -0.2) is 0 Å². The third kappa shape index (κ3) is 8.44. The molecule has 1 aromatic heterocycles. The van der Waals surface area contributed by atoms with Crippen LogP contribution in [-0.4, -0.2) is 46.4 Å². The summed E-state index contributed by atoms with van der Waals surface area (Å²) in [6.07, 6.45) is 1.36. The number of aliphatic hydroxyl groups is 2. The zero-order chi connectivity index (χ0) is 25.5. The number of ether oxygens (including phenoxy) is 1. The Hall–Kier alpha value is -2.63. The molecule has 0 radical (unpaired) electrons. The maximum Gasteiger partial charge on any atom is 0.305 e. The normalized spacial score (nSPS) is 11.1. The molecule has 0 saturated carbocycles. The minimum atomic E-state index is -2.16. The number of benzene rings is 3. The van der Waals surface area contributed by atoms with Crippen LogP contribution in [0.5, 0.6) is 11.5 Å². The number of rotatable bonds is 12. The van der Waals surface area contributed by atoms with E-state index in [1.54, 1.807) is 13.2 Å². The number of thiazole rings is 1. The Morgan fingerprint density at radius 2 is 1.66 bits per heavy atom. The zero-order valence-corrected chi connectivity index (χ0v) is 23.3. The second kappa shape index (κ2) is 14.5. The van der Waals surface area contributed by atoms with Crippen LogP contribution in [0.1, 0.15) is 22.3 Å². The lowest BCUT2D eigenvalue weighted by Gasteiger charge is -2.23. The number of methoxy groups -OCH3 is 1. The van der Waals surface area contributed by atoms with Gasteiger partial charge in [-0.05, 0) is 48.2 Å². The van der Waals surface area contributed by atoms with Gasteiger partial charge in [-0.15, -0.1) is 24.8 Å². The average molecular weight is 583 g/mol. The van der Waals surface area contributed by atoms with Gasteiger partial charge in [-0.2, -0.15) is 0 Å². The van der Waals surface area contributed by atoms with Crippen molar-refractivity contribution in [3.05, 3.63) is 92.6 Å². The van der Waals surface area contributed by atoms with Crippen LogP contribution in [0.3, 0.4) is 0 Å². The largest absolute Gasteiger partial charge is 0.506 e. The third-order valence-electron chi connectivity index (χ3n) is 5.99. The number of H-pyrrole nitrogens is 1. The van der Waals surface area contributed by atoms with E-state index in [-0.39, 0.29) is 41.9 Å². The summed E-state index contributed by atoms with van der Waals surface area (Å²) >= 11 is 0.932. The Morgan fingerprint density at radius 3 is 2.39 bits per heavy atom. The van der Waals surface area contributed by atoms with Gasteiger partial charge in [0.1, 0.15) is 17.0 Å². The average Bonchev–Trinajstić information content (AvgIpc) is 3.27. The number of halogens is 2. The summed E-state index contributed by atoms with van der Waals surface area (Å²) in [6, 6.07) is 19.2. The van der Waals surface area contributed by atoms with E-state index in [1.165, 1.54) is 11.6 Å². The first-order valence-electron chi connectivity index (χ1n) is 11.8. The van der Waals surface area contributed by atoms with Crippen molar-refractivity contribution in [3.8, 4) is 11.5 Å². The molecule has 8 nitrogen and oxygen atoms in total. The highest BCUT2D eigenvalue weighted by atomic mass is 35.5. The van der Waals surface area contributed by atoms with Crippen LogP contribution in [0.4, 0.5) is 0 Å². The van der Waals surface area contributed by atoms with E-state index in [4.69, 9.17) is 4.74 Å². The quantitative estimate of drug-likeness (QED) is 0.112. The van der Waals surface area contributed by atoms with Crippen molar-refractivity contribution in [2.24, 2.45) is 0 Å². The van der Waals surface area contributed by atoms with E-state index in [0.717, 1.165) is 47.7 Å². The summed E-state index contributed by atoms with van der Waals surface area (Å²) in [5.41, 5.74) is 4.29. The number of fused-ring (bicyclic) bond motifs is 1. The van der Waals surface area contributed by atoms with Crippen LogP contribution in [0.2, 0.25) is 0 Å². The third-order valence-corrected chi connectivity index (χ3v) is 6.95. The van der Waals surface area contributed by atoms with Gasteiger partial charge in [0.25, 0.3) is 0 Å². The number of para-hydroxylation sites is 1. The van der Waals surface area contributed by atoms with E-state index in [2.05, 4.69) is 27.8 Å². The topological polar surface area (TPSA) is 127 Å². The van der Waals surface area contributed by atoms with Crippen LogP contribution in [-0.2, 0) is 25.8 Å². The minimum absolute atomic E-state index is 0. The first kappa shape index (κ1) is 31.6. The van der Waals surface area contributed by atoms with Crippen molar-refractivity contribution >= 4 is 46.4 Å². The summed E-state index contributed by atoms with van der Waals surface area (Å²) in [5, 5.41) is 37.1. The Bertz CT molecular complexity index is 1380. The molecule has 0 aliphatic rings. The second-order valence-corrected chi connectivity index (χ2v) is 9.67. The predicted octanol–water partition coefficient (Wildman–Crippen LogP) is 3.49. The molecule has 0 spiro atoms. The molecular weight excluding hydrogens is 549 g/mol. The maximum absolute atomic E-state index is 11.7. The molecule has 0 aliphatic heterocycles. The van der Waals surface area contributed by atoms with Crippen LogP contribution in [0, 0.1) is 0 Å². The first-order valence-corrected chi connectivity index (χ1v) is 12.6. The fraction of sp³-hybridized carbons (Fsp3) is 0.296. The number of phenols is 1. The number of phenolic OH excluding ortho intramolecular Hbond substituents is 1. The molecule has 0 bridgehead atoms. The first-order chi connectivity index (χ1) is 17.3. The molecule has 0 fully saturated rings. The fourth-order valence-corrected chi connectivity index (χ4v) is 5.06. The standard InChI is InChI=1S/C27H31N3O5S.2ClH/c1-35-23-8-3-2-7-21(23)17-28-13-11-18-5-4-6-19(15-18)12-14-29-27(33,34)16-20-9-10-22(31)24-25(20)36-26(32)30-24;;/h2-10,15,28-29,31,33-34H,11-14,16-17H2,1H3,(H,30,32);2*1H. The minimum Gasteiger partial charge on any atom is -0.506 e. The number of nitrogens with one attached hydrogen (secondary N) is 3. The van der Waals surface area contributed by atoms with Gasteiger partial charge in [0.05, 0.1) is 11.8 Å². The summed E-state index contributed by atoms with van der Waals surface area (Å²) in [6.45, 7) is 1.91. The number of hydrogen-bond donors (Lipinski definition) is 6. The van der Waals surface area contributed by atoms with E-state index < -0.39 is 5.91 Å². The van der Waals surface area contributed by atoms with Crippen LogP contribution in [0.15, 0.2) is 65.5 Å². The van der Waals surface area contributed by atoms with Gasteiger partial charge in [0.2, 0.25) is 5.91 Å². The lowest BCUT2D eigenvalue weighted by Crippen LogP contribution is -2.47. The van der Waals surface area contributed by atoms with Crippen molar-refractivity contribution < 1.29 is 20.1 Å². The van der Waals surface area contributed by atoms with Crippen molar-refractivity contribution in [2.45, 2.75) is 31.7 Å². The Kier molecular flexibility index (Phi) is 12.1. The van der Waals surface area contributed by atoms with Crippen LogP contribution >= 0.6 is 36.2 Å². The number of aromatic amines is 1. The Labute approximate surface area is 237 Å². The van der Waals surface area contributed by atoms with E-state index in [1.807, 2.05) is 36.4 Å². The SMILES string of the molecule is COc1ccccc1CNCCc1cccc(CCNC(O)(O)Cc2ccc(O)c3[nH]c(=O)sc23)c1.Cl.Cl. The van der Waals surface area contributed by atoms with E-state index >= 15 is 0 Å². The maximum atomic E-state index is 11.7. The molecule has 0 atom stereocenters. The molecule has 0 amide bonds. The lowest BCUT2D eigenvalue weighted by molar-refractivity contribution is -0.183. The van der Waals surface area contributed by atoms with Crippen LogP contribution in [0.25, 0.3) is 10.2 Å². The van der Waals surface area contributed by atoms with Gasteiger partial charge in [-0.3, -0.25) is 10.1 Å². The molecule has 6 N–H and O–H groups in total. The smallest absolute Gasteiger partial charge is 0.305 e. The fourth-order valence-electron chi connectivity index (χ4n) is 4.19. The van der Waals surface area contributed by atoms with Gasteiger partial charge >= 0.3 is 4.87 Å². The van der Waals surface area contributed by atoms with Crippen molar-refractivity contribution in [2.75, 3.05) is 20.2 Å². The molecule has 1 heterocycles. The molecule has 0 unspecified atom stereocenters. The van der Waals surface area contributed by atoms with Crippen molar-refractivity contribution in [1.82, 2.24) is 15.6 Å². The molecular formula is C27H33Cl2N3O5S. The predicted molar refractivity (Wildman–Crippen MR) is 156 cm³/mol. The molecule has 3 aromatic carbocycles. The van der Waals surface area contributed by atoms with Crippen LogP contribution < -0.4 is 20.2 Å².